The summed E-state index contributed by atoms with van der Waals surface area (Å²) in [4.78, 5) is 0. The Bertz CT molecular complexity index is 465. The summed E-state index contributed by atoms with van der Waals surface area (Å²) in [5, 5.41) is 0. The fraction of sp³-hybridized carbons (Fsp3) is 0.143. The number of aryl methyl sites for hydroxylation is 1. The molecule has 0 aliphatic carbocycles. The van der Waals surface area contributed by atoms with Crippen LogP contribution in [0.5, 0.6) is 5.75 Å². The van der Waals surface area contributed by atoms with Crippen molar-refractivity contribution in [3.63, 3.8) is 0 Å². The second kappa shape index (κ2) is 5.17. The molecular weight excluding hydrogens is 264 g/mol. The molecule has 16 heavy (non-hydrogen) atoms. The van der Waals surface area contributed by atoms with Gasteiger partial charge in [0.2, 0.25) is 0 Å². The van der Waals surface area contributed by atoms with E-state index in [9.17, 15) is 0 Å². The fourth-order valence-corrected chi connectivity index (χ4v) is 1.74. The number of halogens is 1. The van der Waals surface area contributed by atoms with E-state index in [0.29, 0.717) is 6.61 Å². The average molecular weight is 276 g/mol. The van der Waals surface area contributed by atoms with Gasteiger partial charge in [0.25, 0.3) is 0 Å². The highest BCUT2D eigenvalue weighted by Gasteiger charge is 2.01. The molecule has 1 radical (unpaired) electrons. The van der Waals surface area contributed by atoms with E-state index in [-0.39, 0.29) is 0 Å². The second-order valence-corrected chi connectivity index (χ2v) is 4.46. The first-order chi connectivity index (χ1) is 7.75. The molecule has 0 saturated carbocycles. The van der Waals surface area contributed by atoms with Gasteiger partial charge in [-0.2, -0.15) is 0 Å². The van der Waals surface area contributed by atoms with Crippen LogP contribution in [0.4, 0.5) is 0 Å². The third-order valence-corrected chi connectivity index (χ3v) is 2.87. The van der Waals surface area contributed by atoms with Crippen molar-refractivity contribution in [2.45, 2.75) is 13.5 Å². The van der Waals surface area contributed by atoms with Crippen molar-refractivity contribution < 1.29 is 4.74 Å². The van der Waals surface area contributed by atoms with Crippen LogP contribution in [0.3, 0.4) is 0 Å². The summed E-state index contributed by atoms with van der Waals surface area (Å²) in [7, 11) is 0. The third-order valence-electron chi connectivity index (χ3n) is 2.25. The summed E-state index contributed by atoms with van der Waals surface area (Å²) >= 11 is 3.45. The first-order valence-electron chi connectivity index (χ1n) is 5.10. The summed E-state index contributed by atoms with van der Waals surface area (Å²) in [5.41, 5.74) is 2.24. The Kier molecular flexibility index (Phi) is 3.62. The van der Waals surface area contributed by atoms with Gasteiger partial charge in [-0.15, -0.1) is 0 Å². The number of ether oxygens (including phenoxy) is 1. The molecule has 0 fully saturated rings. The standard InChI is InChI=1S/C14H12BrO/c1-11-7-8-13(15)14(9-11)16-10-12-5-3-2-4-6-12/h2-6,8-9H,10H2,1H3. The summed E-state index contributed by atoms with van der Waals surface area (Å²) in [6.45, 7) is 2.59. The van der Waals surface area contributed by atoms with Gasteiger partial charge >= 0.3 is 0 Å². The summed E-state index contributed by atoms with van der Waals surface area (Å²) in [5.74, 6) is 0.861. The molecule has 0 spiro atoms. The van der Waals surface area contributed by atoms with Gasteiger partial charge in [0.1, 0.15) is 12.4 Å². The largest absolute Gasteiger partial charge is 0.488 e. The van der Waals surface area contributed by atoms with Crippen molar-refractivity contribution in [3.05, 3.63) is 64.1 Å². The number of benzene rings is 2. The molecule has 0 aliphatic rings. The van der Waals surface area contributed by atoms with Crippen molar-refractivity contribution in [2.75, 3.05) is 0 Å². The van der Waals surface area contributed by atoms with Gasteiger partial charge in [0, 0.05) is 0 Å². The van der Waals surface area contributed by atoms with Gasteiger partial charge in [-0.25, -0.2) is 0 Å². The summed E-state index contributed by atoms with van der Waals surface area (Å²) in [6, 6.07) is 17.1. The zero-order valence-corrected chi connectivity index (χ0v) is 10.6. The highest BCUT2D eigenvalue weighted by molar-refractivity contribution is 9.10. The second-order valence-electron chi connectivity index (χ2n) is 3.60. The van der Waals surface area contributed by atoms with Gasteiger partial charge in [-0.05, 0) is 52.2 Å². The minimum atomic E-state index is 0.586. The van der Waals surface area contributed by atoms with E-state index in [1.54, 1.807) is 0 Å². The van der Waals surface area contributed by atoms with Crippen LogP contribution in [0.2, 0.25) is 0 Å². The lowest BCUT2D eigenvalue weighted by Crippen LogP contribution is -1.96. The quantitative estimate of drug-likeness (QED) is 0.818. The maximum absolute atomic E-state index is 5.74. The Morgan fingerprint density at radius 1 is 1.25 bits per heavy atom. The minimum Gasteiger partial charge on any atom is -0.488 e. The first kappa shape index (κ1) is 11.2. The number of hydrogen-bond donors (Lipinski definition) is 0. The molecule has 0 bridgehead atoms. The van der Waals surface area contributed by atoms with E-state index < -0.39 is 0 Å². The Morgan fingerprint density at radius 2 is 2.00 bits per heavy atom. The van der Waals surface area contributed by atoms with Gasteiger partial charge in [0.15, 0.2) is 0 Å². The van der Waals surface area contributed by atoms with Crippen LogP contribution in [-0.2, 0) is 6.61 Å². The van der Waals surface area contributed by atoms with Crippen molar-refractivity contribution in [1.29, 1.82) is 0 Å². The minimum absolute atomic E-state index is 0.586. The molecule has 1 nitrogen and oxygen atoms in total. The van der Waals surface area contributed by atoms with E-state index in [4.69, 9.17) is 4.74 Å². The average Bonchev–Trinajstić information content (AvgIpc) is 2.32. The predicted molar refractivity (Wildman–Crippen MR) is 68.5 cm³/mol. The smallest absolute Gasteiger partial charge is 0.134 e. The molecule has 0 saturated heterocycles. The van der Waals surface area contributed by atoms with E-state index in [1.807, 2.05) is 37.3 Å². The van der Waals surface area contributed by atoms with E-state index in [2.05, 4.69) is 34.1 Å². The molecular formula is C14H12BrO. The maximum Gasteiger partial charge on any atom is 0.134 e. The summed E-state index contributed by atoms with van der Waals surface area (Å²) < 4.78 is 6.68. The Balaban J connectivity index is 2.08. The summed E-state index contributed by atoms with van der Waals surface area (Å²) in [6.07, 6.45) is 0. The van der Waals surface area contributed by atoms with Crippen LogP contribution in [0, 0.1) is 13.0 Å². The molecule has 2 aromatic rings. The van der Waals surface area contributed by atoms with Crippen molar-refractivity contribution >= 4 is 15.9 Å². The normalized spacial score (nSPS) is 10.1. The fourth-order valence-electron chi connectivity index (χ4n) is 1.40. The lowest BCUT2D eigenvalue weighted by atomic mass is 10.2. The third kappa shape index (κ3) is 2.86. The molecule has 0 heterocycles. The predicted octanol–water partition coefficient (Wildman–Crippen LogP) is 4.14. The topological polar surface area (TPSA) is 9.23 Å². The van der Waals surface area contributed by atoms with Crippen LogP contribution in [-0.4, -0.2) is 0 Å². The lowest BCUT2D eigenvalue weighted by Gasteiger charge is -2.08. The van der Waals surface area contributed by atoms with E-state index >= 15 is 0 Å². The Hall–Kier alpha value is -1.28. The maximum atomic E-state index is 5.74. The van der Waals surface area contributed by atoms with Crippen LogP contribution in [0.25, 0.3) is 0 Å². The lowest BCUT2D eigenvalue weighted by molar-refractivity contribution is 0.304. The Labute approximate surface area is 104 Å². The molecule has 0 aromatic heterocycles. The van der Waals surface area contributed by atoms with Crippen LogP contribution >= 0.6 is 15.9 Å². The number of hydrogen-bond acceptors (Lipinski definition) is 1. The molecule has 2 aromatic carbocycles. The van der Waals surface area contributed by atoms with Gasteiger partial charge in [0.05, 0.1) is 4.47 Å². The van der Waals surface area contributed by atoms with Crippen LogP contribution in [0.15, 0.2) is 46.9 Å². The van der Waals surface area contributed by atoms with Gasteiger partial charge in [-0.1, -0.05) is 30.3 Å². The first-order valence-corrected chi connectivity index (χ1v) is 5.89. The monoisotopic (exact) mass is 275 g/mol. The SMILES string of the molecule is Cc1[c]cc(Br)c(OCc2ccccc2)c1. The Morgan fingerprint density at radius 3 is 2.75 bits per heavy atom. The molecule has 0 N–H and O–H groups in total. The van der Waals surface area contributed by atoms with Crippen molar-refractivity contribution in [2.24, 2.45) is 0 Å². The molecule has 2 rings (SSSR count). The molecule has 0 unspecified atom stereocenters. The zero-order chi connectivity index (χ0) is 11.4. The van der Waals surface area contributed by atoms with E-state index in [1.165, 1.54) is 5.56 Å². The molecule has 2 heteroatoms. The zero-order valence-electron chi connectivity index (χ0n) is 9.03. The van der Waals surface area contributed by atoms with Gasteiger partial charge < -0.3 is 4.74 Å². The van der Waals surface area contributed by atoms with Crippen LogP contribution < -0.4 is 4.74 Å². The van der Waals surface area contributed by atoms with Crippen molar-refractivity contribution in [3.8, 4) is 5.75 Å². The van der Waals surface area contributed by atoms with Crippen molar-refractivity contribution in [1.82, 2.24) is 0 Å². The molecule has 0 atom stereocenters. The number of rotatable bonds is 3. The van der Waals surface area contributed by atoms with Crippen LogP contribution in [0.1, 0.15) is 11.1 Å². The molecule has 0 aliphatic heterocycles. The highest BCUT2D eigenvalue weighted by Crippen LogP contribution is 2.26. The highest BCUT2D eigenvalue weighted by atomic mass is 79.9. The van der Waals surface area contributed by atoms with Gasteiger partial charge in [-0.3, -0.25) is 0 Å². The molecule has 0 amide bonds. The van der Waals surface area contributed by atoms with E-state index in [0.717, 1.165) is 15.8 Å². The molecule has 81 valence electrons.